The number of aromatic nitrogens is 4. The van der Waals surface area contributed by atoms with Crippen LogP contribution in [-0.2, 0) is 0 Å². The van der Waals surface area contributed by atoms with E-state index in [1.165, 1.54) is 12.8 Å². The molecule has 1 fully saturated rings. The van der Waals surface area contributed by atoms with Crippen LogP contribution in [0.5, 0.6) is 0 Å². The maximum absolute atomic E-state index is 4.59. The molecular weight excluding hydrogens is 226 g/mol. The Hall–Kier alpha value is -2.04. The Morgan fingerprint density at radius 3 is 2.78 bits per heavy atom. The Morgan fingerprint density at radius 1 is 1.22 bits per heavy atom. The van der Waals surface area contributed by atoms with E-state index in [-0.39, 0.29) is 0 Å². The van der Waals surface area contributed by atoms with Gasteiger partial charge < -0.3 is 5.32 Å². The Balaban J connectivity index is 2.02. The van der Waals surface area contributed by atoms with Gasteiger partial charge in [-0.05, 0) is 19.8 Å². The molecule has 1 saturated carbocycles. The molecule has 0 aliphatic heterocycles. The minimum Gasteiger partial charge on any atom is -0.370 e. The minimum atomic E-state index is 0.527. The summed E-state index contributed by atoms with van der Waals surface area (Å²) in [5.74, 6) is 2.32. The van der Waals surface area contributed by atoms with Gasteiger partial charge in [0.1, 0.15) is 17.3 Å². The summed E-state index contributed by atoms with van der Waals surface area (Å²) in [5, 5.41) is 3.24. The van der Waals surface area contributed by atoms with Crippen molar-refractivity contribution in [3.63, 3.8) is 0 Å². The van der Waals surface area contributed by atoms with Gasteiger partial charge in [-0.1, -0.05) is 0 Å². The van der Waals surface area contributed by atoms with E-state index < -0.39 is 0 Å². The summed E-state index contributed by atoms with van der Waals surface area (Å²) >= 11 is 0. The van der Waals surface area contributed by atoms with E-state index in [0.717, 1.165) is 29.6 Å². The lowest BCUT2D eigenvalue weighted by atomic mass is 10.2. The Morgan fingerprint density at radius 2 is 2.11 bits per heavy atom. The molecule has 0 bridgehead atoms. The second-order valence-corrected chi connectivity index (χ2v) is 4.39. The van der Waals surface area contributed by atoms with Crippen molar-refractivity contribution in [2.45, 2.75) is 25.7 Å². The number of anilines is 1. The van der Waals surface area contributed by atoms with Crippen LogP contribution in [0.4, 0.5) is 5.82 Å². The predicted octanol–water partition coefficient (Wildman–Crippen LogP) is 2.24. The molecule has 1 aliphatic carbocycles. The van der Waals surface area contributed by atoms with Crippen molar-refractivity contribution in [3.05, 3.63) is 30.5 Å². The third-order valence-electron chi connectivity index (χ3n) is 2.87. The molecule has 0 saturated heterocycles. The molecule has 0 amide bonds. The lowest BCUT2D eigenvalue weighted by Crippen LogP contribution is -2.04. The van der Waals surface area contributed by atoms with E-state index in [9.17, 15) is 0 Å². The first kappa shape index (κ1) is 11.1. The average Bonchev–Trinajstić information content (AvgIpc) is 3.24. The van der Waals surface area contributed by atoms with Gasteiger partial charge in [-0.15, -0.1) is 0 Å². The van der Waals surface area contributed by atoms with Gasteiger partial charge in [0, 0.05) is 30.9 Å². The monoisotopic (exact) mass is 241 g/mol. The molecule has 0 radical (unpaired) electrons. The summed E-state index contributed by atoms with van der Waals surface area (Å²) in [6, 6.07) is 1.93. The number of nitrogens with one attached hydrogen (secondary N) is 1. The van der Waals surface area contributed by atoms with Crippen molar-refractivity contribution in [3.8, 4) is 11.4 Å². The topological polar surface area (TPSA) is 63.6 Å². The van der Waals surface area contributed by atoms with E-state index >= 15 is 0 Å². The van der Waals surface area contributed by atoms with Crippen LogP contribution in [0.1, 0.15) is 31.5 Å². The smallest absolute Gasteiger partial charge is 0.134 e. The lowest BCUT2D eigenvalue weighted by molar-refractivity contribution is 0.924. The van der Waals surface area contributed by atoms with Crippen LogP contribution in [0.15, 0.2) is 24.7 Å². The van der Waals surface area contributed by atoms with E-state index in [1.807, 2.05) is 6.07 Å². The normalized spacial score (nSPS) is 14.5. The first-order valence-electron chi connectivity index (χ1n) is 6.26. The van der Waals surface area contributed by atoms with Crippen LogP contribution in [0, 0.1) is 0 Å². The Kier molecular flexibility index (Phi) is 2.88. The third kappa shape index (κ3) is 2.30. The predicted molar refractivity (Wildman–Crippen MR) is 69.2 cm³/mol. The van der Waals surface area contributed by atoms with Gasteiger partial charge in [0.05, 0.1) is 11.9 Å². The van der Waals surface area contributed by atoms with Crippen LogP contribution in [0.2, 0.25) is 0 Å². The largest absolute Gasteiger partial charge is 0.370 e. The van der Waals surface area contributed by atoms with Gasteiger partial charge in [-0.3, -0.25) is 9.97 Å². The van der Waals surface area contributed by atoms with Crippen LogP contribution in [0.25, 0.3) is 11.4 Å². The van der Waals surface area contributed by atoms with Crippen molar-refractivity contribution in [2.24, 2.45) is 0 Å². The fourth-order valence-electron chi connectivity index (χ4n) is 1.82. The lowest BCUT2D eigenvalue weighted by Gasteiger charge is -2.07. The van der Waals surface area contributed by atoms with Crippen LogP contribution in [-0.4, -0.2) is 26.5 Å². The molecule has 2 heterocycles. The van der Waals surface area contributed by atoms with Crippen molar-refractivity contribution in [1.82, 2.24) is 19.9 Å². The molecule has 0 atom stereocenters. The van der Waals surface area contributed by atoms with Gasteiger partial charge >= 0.3 is 0 Å². The van der Waals surface area contributed by atoms with Crippen LogP contribution < -0.4 is 5.32 Å². The molecule has 0 unspecified atom stereocenters. The number of rotatable bonds is 4. The molecule has 5 nitrogen and oxygen atoms in total. The standard InChI is InChI=1S/C13H15N5/c1-2-15-12-7-10(11-8-14-5-6-16-11)17-13(18-12)9-3-4-9/h5-9H,2-4H2,1H3,(H,15,17,18). The summed E-state index contributed by atoms with van der Waals surface area (Å²) in [6.45, 7) is 2.90. The molecule has 2 aromatic heterocycles. The zero-order valence-electron chi connectivity index (χ0n) is 10.3. The molecule has 0 spiro atoms. The highest BCUT2D eigenvalue weighted by Gasteiger charge is 2.27. The van der Waals surface area contributed by atoms with E-state index in [1.54, 1.807) is 18.6 Å². The fourth-order valence-corrected chi connectivity index (χ4v) is 1.82. The number of hydrogen-bond acceptors (Lipinski definition) is 5. The Bertz CT molecular complexity index is 536. The first-order valence-corrected chi connectivity index (χ1v) is 6.26. The fraction of sp³-hybridized carbons (Fsp3) is 0.385. The van der Waals surface area contributed by atoms with Gasteiger partial charge in [0.2, 0.25) is 0 Å². The minimum absolute atomic E-state index is 0.527. The maximum Gasteiger partial charge on any atom is 0.134 e. The molecule has 1 aliphatic rings. The van der Waals surface area contributed by atoms with Gasteiger partial charge in [-0.2, -0.15) is 0 Å². The molecule has 18 heavy (non-hydrogen) atoms. The summed E-state index contributed by atoms with van der Waals surface area (Å²) < 4.78 is 0. The first-order chi connectivity index (χ1) is 8.86. The van der Waals surface area contributed by atoms with Crippen LogP contribution >= 0.6 is 0 Å². The molecule has 0 aromatic carbocycles. The molecular formula is C13H15N5. The zero-order valence-corrected chi connectivity index (χ0v) is 10.3. The highest BCUT2D eigenvalue weighted by atomic mass is 15.0. The van der Waals surface area contributed by atoms with Gasteiger partial charge in [0.25, 0.3) is 0 Å². The van der Waals surface area contributed by atoms with Crippen LogP contribution in [0.3, 0.4) is 0 Å². The molecule has 1 N–H and O–H groups in total. The third-order valence-corrected chi connectivity index (χ3v) is 2.87. The molecule has 5 heteroatoms. The van der Waals surface area contributed by atoms with E-state index in [0.29, 0.717) is 5.92 Å². The molecule has 3 rings (SSSR count). The summed E-state index contributed by atoms with van der Waals surface area (Å²) in [4.78, 5) is 17.5. The second kappa shape index (κ2) is 4.68. The quantitative estimate of drug-likeness (QED) is 0.889. The summed E-state index contributed by atoms with van der Waals surface area (Å²) in [5.41, 5.74) is 1.64. The number of nitrogens with zero attached hydrogens (tertiary/aromatic N) is 4. The SMILES string of the molecule is CCNc1cc(-c2cnccn2)nc(C2CC2)n1. The average molecular weight is 241 g/mol. The van der Waals surface area contributed by atoms with Crippen molar-refractivity contribution < 1.29 is 0 Å². The van der Waals surface area contributed by atoms with Gasteiger partial charge in [-0.25, -0.2) is 9.97 Å². The maximum atomic E-state index is 4.59. The van der Waals surface area contributed by atoms with Crippen molar-refractivity contribution in [2.75, 3.05) is 11.9 Å². The highest BCUT2D eigenvalue weighted by Crippen LogP contribution is 2.39. The van der Waals surface area contributed by atoms with Crippen molar-refractivity contribution >= 4 is 5.82 Å². The zero-order chi connectivity index (χ0) is 12.4. The van der Waals surface area contributed by atoms with E-state index in [4.69, 9.17) is 0 Å². The summed E-state index contributed by atoms with van der Waals surface area (Å²) in [7, 11) is 0. The van der Waals surface area contributed by atoms with Gasteiger partial charge in [0.15, 0.2) is 0 Å². The molecule has 2 aromatic rings. The van der Waals surface area contributed by atoms with E-state index in [2.05, 4.69) is 32.2 Å². The number of hydrogen-bond donors (Lipinski definition) is 1. The second-order valence-electron chi connectivity index (χ2n) is 4.39. The summed E-state index contributed by atoms with van der Waals surface area (Å²) in [6.07, 6.45) is 7.46. The Labute approximate surface area is 106 Å². The van der Waals surface area contributed by atoms with Crippen molar-refractivity contribution in [1.29, 1.82) is 0 Å². The molecule has 92 valence electrons. The highest BCUT2D eigenvalue weighted by molar-refractivity contribution is 5.57.